The lowest BCUT2D eigenvalue weighted by molar-refractivity contribution is 0.969. The van der Waals surface area contributed by atoms with Crippen molar-refractivity contribution >= 4 is 43.0 Å². The lowest BCUT2D eigenvalue weighted by atomic mass is 9.69. The highest BCUT2D eigenvalue weighted by Crippen LogP contribution is 2.61. The number of halogens is 1. The number of hydrogen-bond acceptors (Lipinski definition) is 0. The molecule has 200 valence electrons. The maximum Gasteiger partial charge on any atom is 0.0581 e. The van der Waals surface area contributed by atoms with E-state index in [1.807, 2.05) is 0 Å². The first-order valence-corrected chi connectivity index (χ1v) is 16.0. The summed E-state index contributed by atoms with van der Waals surface area (Å²) < 4.78 is 0. The van der Waals surface area contributed by atoms with Gasteiger partial charge in [0, 0.05) is 5.92 Å². The van der Waals surface area contributed by atoms with Crippen molar-refractivity contribution in [2.24, 2.45) is 0 Å². The van der Waals surface area contributed by atoms with Gasteiger partial charge < -0.3 is 0 Å². The second kappa shape index (κ2) is 8.66. The molecular weight excluding hydrogens is 584 g/mol. The zero-order valence-corrected chi connectivity index (χ0v) is 24.9. The molecule has 0 fully saturated rings. The van der Waals surface area contributed by atoms with E-state index in [2.05, 4.69) is 156 Å². The molecule has 0 heterocycles. The Hall–Kier alpha value is -4.72. The SMILES string of the molecule is BrC1C=CC2=C3C1=CC=CC3c1ccc3c4c(ccc2c14)-c1c-3c(-c2ccccc2)c2ccccc2c1-c1ccccc1. The summed E-state index contributed by atoms with van der Waals surface area (Å²) in [6.45, 7) is 0. The fraction of sp³-hybridized carbons (Fsp3) is 0.0476. The van der Waals surface area contributed by atoms with Crippen LogP contribution in [0.5, 0.6) is 0 Å². The molecule has 0 N–H and O–H groups in total. The van der Waals surface area contributed by atoms with Gasteiger partial charge in [-0.1, -0.05) is 156 Å². The Kier molecular flexibility index (Phi) is 4.79. The first kappa shape index (κ1) is 23.8. The highest BCUT2D eigenvalue weighted by atomic mass is 79.9. The van der Waals surface area contributed by atoms with Crippen molar-refractivity contribution in [1.29, 1.82) is 0 Å². The van der Waals surface area contributed by atoms with Crippen LogP contribution in [0.3, 0.4) is 0 Å². The number of allylic oxidation sites excluding steroid dienone is 8. The average Bonchev–Trinajstić information content (AvgIpc) is 3.40. The van der Waals surface area contributed by atoms with Crippen molar-refractivity contribution in [1.82, 2.24) is 0 Å². The summed E-state index contributed by atoms with van der Waals surface area (Å²) in [7, 11) is 0. The maximum atomic E-state index is 3.93. The first-order chi connectivity index (χ1) is 21.3. The van der Waals surface area contributed by atoms with Gasteiger partial charge in [-0.3, -0.25) is 0 Å². The van der Waals surface area contributed by atoms with Crippen LogP contribution in [-0.4, -0.2) is 4.83 Å². The van der Waals surface area contributed by atoms with E-state index in [0.29, 0.717) is 0 Å². The molecule has 0 aromatic heterocycles. The molecule has 6 aromatic carbocycles. The smallest absolute Gasteiger partial charge is 0.0581 e. The molecule has 0 amide bonds. The predicted molar refractivity (Wildman–Crippen MR) is 185 cm³/mol. The first-order valence-electron chi connectivity index (χ1n) is 15.0. The lowest BCUT2D eigenvalue weighted by Gasteiger charge is -2.35. The predicted octanol–water partition coefficient (Wildman–Crippen LogP) is 11.7. The van der Waals surface area contributed by atoms with Gasteiger partial charge in [0.25, 0.3) is 0 Å². The molecule has 43 heavy (non-hydrogen) atoms. The zero-order chi connectivity index (χ0) is 28.2. The van der Waals surface area contributed by atoms with Crippen LogP contribution in [0, 0.1) is 0 Å². The van der Waals surface area contributed by atoms with Crippen LogP contribution in [0.1, 0.15) is 17.0 Å². The van der Waals surface area contributed by atoms with Crippen LogP contribution in [0.15, 0.2) is 151 Å². The zero-order valence-electron chi connectivity index (χ0n) is 23.3. The molecule has 0 saturated heterocycles. The number of rotatable bonds is 2. The van der Waals surface area contributed by atoms with Crippen molar-refractivity contribution in [3.05, 3.63) is 162 Å². The van der Waals surface area contributed by atoms with Gasteiger partial charge in [-0.15, -0.1) is 0 Å². The quantitative estimate of drug-likeness (QED) is 0.171. The molecule has 0 spiro atoms. The van der Waals surface area contributed by atoms with Gasteiger partial charge >= 0.3 is 0 Å². The number of benzene rings is 6. The summed E-state index contributed by atoms with van der Waals surface area (Å²) in [5.41, 5.74) is 17.6. The van der Waals surface area contributed by atoms with Crippen molar-refractivity contribution in [2.45, 2.75) is 10.7 Å². The van der Waals surface area contributed by atoms with Gasteiger partial charge in [-0.05, 0) is 93.9 Å². The Labute approximate surface area is 259 Å². The third kappa shape index (κ3) is 3.05. The minimum atomic E-state index is 0.253. The molecule has 4 aliphatic carbocycles. The Morgan fingerprint density at radius 1 is 0.512 bits per heavy atom. The standard InChI is InChI=1S/C42H25Br/c43-35-23-22-29-31-19-21-34-40-33(20-18-30(39(31)40)28-16-9-17-32(35)38(28)29)41-36(24-10-3-1-4-11-24)26-14-7-8-15-27(26)37(42(34)41)25-12-5-2-6-13-25/h1-23,28,35H. The Morgan fingerprint density at radius 3 is 1.74 bits per heavy atom. The summed E-state index contributed by atoms with van der Waals surface area (Å²) in [5.74, 6) is 0.266. The average molecular weight is 610 g/mol. The van der Waals surface area contributed by atoms with Crippen LogP contribution >= 0.6 is 15.9 Å². The topological polar surface area (TPSA) is 0 Å². The molecule has 2 atom stereocenters. The third-order valence-electron chi connectivity index (χ3n) is 9.92. The van der Waals surface area contributed by atoms with E-state index in [1.165, 1.54) is 93.9 Å². The summed E-state index contributed by atoms with van der Waals surface area (Å²) in [4.78, 5) is 0.253. The summed E-state index contributed by atoms with van der Waals surface area (Å²) >= 11 is 3.93. The largest absolute Gasteiger partial charge is 0.0793 e. The van der Waals surface area contributed by atoms with Crippen molar-refractivity contribution in [3.8, 4) is 44.5 Å². The van der Waals surface area contributed by atoms with Crippen molar-refractivity contribution < 1.29 is 0 Å². The Morgan fingerprint density at radius 2 is 1.09 bits per heavy atom. The monoisotopic (exact) mass is 608 g/mol. The molecule has 1 heteroatoms. The van der Waals surface area contributed by atoms with E-state index in [0.717, 1.165) is 0 Å². The Balaban J connectivity index is 1.40. The van der Waals surface area contributed by atoms with Gasteiger partial charge in [0.1, 0.15) is 0 Å². The molecule has 4 aliphatic rings. The summed E-state index contributed by atoms with van der Waals surface area (Å²) in [6, 6.07) is 40.7. The molecular formula is C42H25Br. The van der Waals surface area contributed by atoms with Crippen LogP contribution in [0.25, 0.3) is 71.6 Å². The normalized spacial score (nSPS) is 18.7. The van der Waals surface area contributed by atoms with Crippen LogP contribution in [0.4, 0.5) is 0 Å². The van der Waals surface area contributed by atoms with E-state index >= 15 is 0 Å². The summed E-state index contributed by atoms with van der Waals surface area (Å²) in [5, 5.41) is 5.43. The molecule has 0 nitrogen and oxygen atoms in total. The molecule has 0 bridgehead atoms. The summed E-state index contributed by atoms with van der Waals surface area (Å²) in [6.07, 6.45) is 11.6. The number of alkyl halides is 1. The van der Waals surface area contributed by atoms with Gasteiger partial charge in [0.2, 0.25) is 0 Å². The Bertz CT molecular complexity index is 2240. The molecule has 0 radical (unpaired) electrons. The molecule has 0 saturated carbocycles. The third-order valence-corrected chi connectivity index (χ3v) is 10.7. The fourth-order valence-electron chi connectivity index (χ4n) is 8.28. The second-order valence-electron chi connectivity index (χ2n) is 12.0. The maximum absolute atomic E-state index is 3.93. The van der Waals surface area contributed by atoms with E-state index < -0.39 is 0 Å². The van der Waals surface area contributed by atoms with Crippen LogP contribution in [0.2, 0.25) is 0 Å². The van der Waals surface area contributed by atoms with Crippen molar-refractivity contribution in [2.75, 3.05) is 0 Å². The van der Waals surface area contributed by atoms with Gasteiger partial charge in [0.05, 0.1) is 4.83 Å². The second-order valence-corrected chi connectivity index (χ2v) is 12.9. The van der Waals surface area contributed by atoms with E-state index in [9.17, 15) is 0 Å². The minimum absolute atomic E-state index is 0.253. The molecule has 0 aliphatic heterocycles. The van der Waals surface area contributed by atoms with E-state index in [4.69, 9.17) is 0 Å². The fourth-order valence-corrected chi connectivity index (χ4v) is 8.83. The highest BCUT2D eigenvalue weighted by molar-refractivity contribution is 9.09. The van der Waals surface area contributed by atoms with Crippen molar-refractivity contribution in [3.63, 3.8) is 0 Å². The van der Waals surface area contributed by atoms with Gasteiger partial charge in [0.15, 0.2) is 0 Å². The van der Waals surface area contributed by atoms with Crippen LogP contribution in [-0.2, 0) is 0 Å². The van der Waals surface area contributed by atoms with Gasteiger partial charge in [-0.2, -0.15) is 0 Å². The highest BCUT2D eigenvalue weighted by Gasteiger charge is 2.38. The molecule has 10 rings (SSSR count). The van der Waals surface area contributed by atoms with Crippen LogP contribution < -0.4 is 0 Å². The number of hydrogen-bond donors (Lipinski definition) is 0. The van der Waals surface area contributed by atoms with E-state index in [1.54, 1.807) is 0 Å². The van der Waals surface area contributed by atoms with E-state index in [-0.39, 0.29) is 10.7 Å². The minimum Gasteiger partial charge on any atom is -0.0793 e. The molecule has 6 aromatic rings. The number of fused-ring (bicyclic) bond motifs is 6. The molecule has 2 unspecified atom stereocenters. The van der Waals surface area contributed by atoms with Gasteiger partial charge in [-0.25, -0.2) is 0 Å². The lowest BCUT2D eigenvalue weighted by Crippen LogP contribution is -2.19.